The van der Waals surface area contributed by atoms with E-state index >= 15 is 0 Å². The van der Waals surface area contributed by atoms with E-state index in [1.54, 1.807) is 11.7 Å². The SMILES string of the molecule is COc1cccc(-n2c(C=Cc3ccccc3C)nc3ccc(I)cc3c2=O)c1. The van der Waals surface area contributed by atoms with E-state index in [4.69, 9.17) is 9.72 Å². The molecule has 0 fully saturated rings. The van der Waals surface area contributed by atoms with Crippen LogP contribution in [0.4, 0.5) is 0 Å². The summed E-state index contributed by atoms with van der Waals surface area (Å²) in [4.78, 5) is 18.2. The number of benzene rings is 3. The fraction of sp³-hybridized carbons (Fsp3) is 0.0833. The topological polar surface area (TPSA) is 44.1 Å². The Balaban J connectivity index is 1.98. The van der Waals surface area contributed by atoms with Crippen molar-refractivity contribution in [2.45, 2.75) is 6.92 Å². The van der Waals surface area contributed by atoms with Crippen molar-refractivity contribution in [1.82, 2.24) is 9.55 Å². The molecule has 0 amide bonds. The average Bonchev–Trinajstić information content (AvgIpc) is 2.74. The molecule has 3 aromatic carbocycles. The second kappa shape index (κ2) is 8.21. The number of rotatable bonds is 4. The first-order valence-corrected chi connectivity index (χ1v) is 10.2. The second-order valence-corrected chi connectivity index (χ2v) is 7.91. The molecule has 4 nitrogen and oxygen atoms in total. The summed E-state index contributed by atoms with van der Waals surface area (Å²) in [5.41, 5.74) is 3.54. The molecule has 29 heavy (non-hydrogen) atoms. The van der Waals surface area contributed by atoms with Gasteiger partial charge in [-0.15, -0.1) is 0 Å². The Hall–Kier alpha value is -2.93. The Kier molecular flexibility index (Phi) is 5.49. The predicted octanol–water partition coefficient (Wildman–Crippen LogP) is 5.48. The van der Waals surface area contributed by atoms with Crippen LogP contribution in [0.25, 0.3) is 28.7 Å². The van der Waals surface area contributed by atoms with E-state index in [0.29, 0.717) is 28.2 Å². The highest BCUT2D eigenvalue weighted by Crippen LogP contribution is 2.21. The minimum absolute atomic E-state index is 0.105. The summed E-state index contributed by atoms with van der Waals surface area (Å²) in [7, 11) is 1.61. The number of ether oxygens (including phenoxy) is 1. The lowest BCUT2D eigenvalue weighted by Crippen LogP contribution is -2.22. The molecular weight excluding hydrogens is 475 g/mol. The van der Waals surface area contributed by atoms with Gasteiger partial charge in [0.2, 0.25) is 0 Å². The van der Waals surface area contributed by atoms with Crippen LogP contribution in [0.3, 0.4) is 0 Å². The first-order chi connectivity index (χ1) is 14.1. The molecule has 144 valence electrons. The third-order valence-corrected chi connectivity index (χ3v) is 5.44. The van der Waals surface area contributed by atoms with Gasteiger partial charge in [-0.2, -0.15) is 0 Å². The Morgan fingerprint density at radius 3 is 2.62 bits per heavy atom. The van der Waals surface area contributed by atoms with E-state index in [0.717, 1.165) is 14.7 Å². The standard InChI is InChI=1S/C24H19IN2O2/c1-16-6-3-4-7-17(16)10-13-23-26-22-12-11-18(25)14-21(22)24(28)27(23)19-8-5-9-20(15-19)29-2/h3-15H,1-2H3. The van der Waals surface area contributed by atoms with Gasteiger partial charge in [0.25, 0.3) is 5.56 Å². The Morgan fingerprint density at radius 1 is 1.00 bits per heavy atom. The minimum Gasteiger partial charge on any atom is -0.497 e. The highest BCUT2D eigenvalue weighted by molar-refractivity contribution is 14.1. The maximum atomic E-state index is 13.4. The zero-order chi connectivity index (χ0) is 20.4. The average molecular weight is 494 g/mol. The van der Waals surface area contributed by atoms with Crippen LogP contribution in [-0.4, -0.2) is 16.7 Å². The minimum atomic E-state index is -0.105. The van der Waals surface area contributed by atoms with Crippen LogP contribution in [0, 0.1) is 10.5 Å². The van der Waals surface area contributed by atoms with Crippen molar-refractivity contribution in [1.29, 1.82) is 0 Å². The number of aromatic nitrogens is 2. The molecule has 1 heterocycles. The van der Waals surface area contributed by atoms with E-state index in [1.165, 1.54) is 0 Å². The Labute approximate surface area is 182 Å². The molecule has 0 saturated heterocycles. The summed E-state index contributed by atoms with van der Waals surface area (Å²) in [5, 5.41) is 0.591. The fourth-order valence-corrected chi connectivity index (χ4v) is 3.72. The zero-order valence-electron chi connectivity index (χ0n) is 16.1. The van der Waals surface area contributed by atoms with Crippen molar-refractivity contribution in [3.63, 3.8) is 0 Å². The molecule has 0 N–H and O–H groups in total. The summed E-state index contributed by atoms with van der Waals surface area (Å²) in [6.07, 6.45) is 3.88. The molecule has 0 spiro atoms. The normalized spacial score (nSPS) is 11.3. The molecule has 0 radical (unpaired) electrons. The second-order valence-electron chi connectivity index (χ2n) is 6.66. The first kappa shape index (κ1) is 19.4. The van der Waals surface area contributed by atoms with Gasteiger partial charge in [0.1, 0.15) is 11.6 Å². The van der Waals surface area contributed by atoms with Crippen molar-refractivity contribution in [2.24, 2.45) is 0 Å². The summed E-state index contributed by atoms with van der Waals surface area (Å²) in [6, 6.07) is 21.3. The summed E-state index contributed by atoms with van der Waals surface area (Å²) in [6.45, 7) is 2.06. The van der Waals surface area contributed by atoms with Crippen LogP contribution < -0.4 is 10.3 Å². The number of methoxy groups -OCH3 is 1. The fourth-order valence-electron chi connectivity index (χ4n) is 3.22. The number of aryl methyl sites for hydroxylation is 1. The van der Waals surface area contributed by atoms with Gasteiger partial charge in [-0.25, -0.2) is 4.98 Å². The molecular formula is C24H19IN2O2. The van der Waals surface area contributed by atoms with Gasteiger partial charge < -0.3 is 4.74 Å². The third kappa shape index (κ3) is 3.96. The highest BCUT2D eigenvalue weighted by atomic mass is 127. The number of halogens is 1. The monoisotopic (exact) mass is 494 g/mol. The Morgan fingerprint density at radius 2 is 1.83 bits per heavy atom. The molecule has 0 saturated carbocycles. The molecule has 0 aliphatic carbocycles. The molecule has 0 aliphatic rings. The number of fused-ring (bicyclic) bond motifs is 1. The number of hydrogen-bond acceptors (Lipinski definition) is 3. The van der Waals surface area contributed by atoms with Crippen molar-refractivity contribution in [2.75, 3.05) is 7.11 Å². The van der Waals surface area contributed by atoms with Crippen molar-refractivity contribution in [3.05, 3.63) is 97.6 Å². The van der Waals surface area contributed by atoms with E-state index in [-0.39, 0.29) is 5.56 Å². The van der Waals surface area contributed by atoms with Crippen LogP contribution in [-0.2, 0) is 0 Å². The van der Waals surface area contributed by atoms with Crippen molar-refractivity contribution >= 4 is 45.6 Å². The number of nitrogens with zero attached hydrogens (tertiary/aromatic N) is 2. The summed E-state index contributed by atoms with van der Waals surface area (Å²) >= 11 is 2.21. The van der Waals surface area contributed by atoms with Crippen molar-refractivity contribution < 1.29 is 4.74 Å². The Bertz CT molecular complexity index is 1290. The van der Waals surface area contributed by atoms with E-state index < -0.39 is 0 Å². The molecule has 0 bridgehead atoms. The van der Waals surface area contributed by atoms with Gasteiger partial charge in [0, 0.05) is 9.64 Å². The molecule has 5 heteroatoms. The summed E-state index contributed by atoms with van der Waals surface area (Å²) in [5.74, 6) is 1.26. The smallest absolute Gasteiger partial charge is 0.266 e. The lowest BCUT2D eigenvalue weighted by atomic mass is 10.1. The number of hydrogen-bond donors (Lipinski definition) is 0. The van der Waals surface area contributed by atoms with Gasteiger partial charge in [0.15, 0.2) is 0 Å². The van der Waals surface area contributed by atoms with E-state index in [2.05, 4.69) is 35.6 Å². The molecule has 1 aromatic heterocycles. The molecule has 0 aliphatic heterocycles. The highest BCUT2D eigenvalue weighted by Gasteiger charge is 2.12. The van der Waals surface area contributed by atoms with Gasteiger partial charge >= 0.3 is 0 Å². The lowest BCUT2D eigenvalue weighted by Gasteiger charge is -2.13. The zero-order valence-corrected chi connectivity index (χ0v) is 18.3. The quantitative estimate of drug-likeness (QED) is 0.353. The van der Waals surface area contributed by atoms with Crippen LogP contribution in [0.5, 0.6) is 5.75 Å². The third-order valence-electron chi connectivity index (χ3n) is 4.77. The maximum Gasteiger partial charge on any atom is 0.266 e. The van der Waals surface area contributed by atoms with E-state index in [1.807, 2.05) is 72.8 Å². The predicted molar refractivity (Wildman–Crippen MR) is 127 cm³/mol. The maximum absolute atomic E-state index is 13.4. The molecule has 0 atom stereocenters. The van der Waals surface area contributed by atoms with Gasteiger partial charge in [-0.05, 0) is 77.0 Å². The van der Waals surface area contributed by atoms with Crippen LogP contribution in [0.1, 0.15) is 17.0 Å². The van der Waals surface area contributed by atoms with Crippen LogP contribution in [0.2, 0.25) is 0 Å². The summed E-state index contributed by atoms with van der Waals surface area (Å²) < 4.78 is 7.98. The molecule has 4 aromatic rings. The largest absolute Gasteiger partial charge is 0.497 e. The van der Waals surface area contributed by atoms with Crippen LogP contribution in [0.15, 0.2) is 71.5 Å². The van der Waals surface area contributed by atoms with Gasteiger partial charge in [-0.1, -0.05) is 36.4 Å². The van der Waals surface area contributed by atoms with Gasteiger partial charge in [-0.3, -0.25) is 9.36 Å². The molecule has 4 rings (SSSR count). The van der Waals surface area contributed by atoms with Crippen molar-refractivity contribution in [3.8, 4) is 11.4 Å². The van der Waals surface area contributed by atoms with Crippen LogP contribution >= 0.6 is 22.6 Å². The first-order valence-electron chi connectivity index (χ1n) is 9.17. The van der Waals surface area contributed by atoms with E-state index in [9.17, 15) is 4.79 Å². The van der Waals surface area contributed by atoms with Gasteiger partial charge in [0.05, 0.1) is 23.7 Å². The molecule has 0 unspecified atom stereocenters. The lowest BCUT2D eigenvalue weighted by molar-refractivity contribution is 0.414.